The van der Waals surface area contributed by atoms with Gasteiger partial charge in [0.25, 0.3) is 0 Å². The maximum atomic E-state index is 11.8. The van der Waals surface area contributed by atoms with E-state index in [9.17, 15) is 4.79 Å². The zero-order valence-electron chi connectivity index (χ0n) is 10.9. The Labute approximate surface area is 117 Å². The highest BCUT2D eigenvalue weighted by atomic mass is 79.9. The van der Waals surface area contributed by atoms with E-state index >= 15 is 0 Å². The van der Waals surface area contributed by atoms with Crippen LogP contribution < -0.4 is 11.1 Å². The average molecular weight is 313 g/mol. The third kappa shape index (κ3) is 5.19. The fraction of sp³-hybridized carbons (Fsp3) is 0.500. The highest BCUT2D eigenvalue weighted by molar-refractivity contribution is 9.10. The van der Waals surface area contributed by atoms with Gasteiger partial charge in [-0.2, -0.15) is 0 Å². The minimum absolute atomic E-state index is 0.0170. The molecule has 1 rings (SSSR count). The standard InChI is InChI=1S/C14H21BrN2O/c1-10(16)6-5-9-14(18)17-11(2)12-7-3-4-8-13(12)15/h3-4,7-8,10-11H,5-6,9,16H2,1-2H3,(H,17,18)/t10?,11-/m1/s1. The van der Waals surface area contributed by atoms with Gasteiger partial charge in [0.05, 0.1) is 6.04 Å². The Morgan fingerprint density at radius 2 is 2.06 bits per heavy atom. The predicted molar refractivity (Wildman–Crippen MR) is 78.2 cm³/mol. The largest absolute Gasteiger partial charge is 0.350 e. The number of benzene rings is 1. The highest BCUT2D eigenvalue weighted by Gasteiger charge is 2.11. The molecule has 0 aliphatic carbocycles. The third-order valence-corrected chi connectivity index (χ3v) is 3.53. The summed E-state index contributed by atoms with van der Waals surface area (Å²) in [5.41, 5.74) is 6.75. The van der Waals surface area contributed by atoms with Crippen LogP contribution in [0.1, 0.15) is 44.7 Å². The molecule has 3 nitrogen and oxygen atoms in total. The fourth-order valence-corrected chi connectivity index (χ4v) is 2.43. The molecule has 0 spiro atoms. The van der Waals surface area contributed by atoms with Crippen LogP contribution in [0.4, 0.5) is 0 Å². The normalized spacial score (nSPS) is 14.0. The minimum atomic E-state index is 0.0170. The SMILES string of the molecule is CC(N)CCCC(=O)N[C@H](C)c1ccccc1Br. The predicted octanol–water partition coefficient (Wildman–Crippen LogP) is 3.14. The summed E-state index contributed by atoms with van der Waals surface area (Å²) in [6.45, 7) is 3.95. The molecule has 0 bridgehead atoms. The van der Waals surface area contributed by atoms with Gasteiger partial charge in [0, 0.05) is 16.9 Å². The Balaban J connectivity index is 2.42. The van der Waals surface area contributed by atoms with Gasteiger partial charge in [0.2, 0.25) is 5.91 Å². The van der Waals surface area contributed by atoms with E-state index in [1.165, 1.54) is 0 Å². The molecule has 0 aliphatic rings. The Morgan fingerprint density at radius 3 is 2.67 bits per heavy atom. The van der Waals surface area contributed by atoms with Crippen LogP contribution in [-0.4, -0.2) is 11.9 Å². The second kappa shape index (κ2) is 7.54. The Morgan fingerprint density at radius 1 is 1.39 bits per heavy atom. The van der Waals surface area contributed by atoms with Gasteiger partial charge in [-0.3, -0.25) is 4.79 Å². The van der Waals surface area contributed by atoms with Crippen LogP contribution in [0.2, 0.25) is 0 Å². The van der Waals surface area contributed by atoms with Gasteiger partial charge in [-0.1, -0.05) is 34.1 Å². The summed E-state index contributed by atoms with van der Waals surface area (Å²) >= 11 is 3.49. The molecule has 3 N–H and O–H groups in total. The van der Waals surface area contributed by atoms with E-state index in [1.54, 1.807) is 0 Å². The van der Waals surface area contributed by atoms with Crippen molar-refractivity contribution in [2.24, 2.45) is 5.73 Å². The molecule has 1 amide bonds. The first-order valence-electron chi connectivity index (χ1n) is 6.30. The summed E-state index contributed by atoms with van der Waals surface area (Å²) < 4.78 is 1.02. The number of carbonyl (C=O) groups excluding carboxylic acids is 1. The van der Waals surface area contributed by atoms with Crippen molar-refractivity contribution in [2.75, 3.05) is 0 Å². The number of amides is 1. The van der Waals surface area contributed by atoms with E-state index in [-0.39, 0.29) is 18.0 Å². The van der Waals surface area contributed by atoms with Crippen molar-refractivity contribution in [1.29, 1.82) is 0 Å². The number of nitrogens with one attached hydrogen (secondary N) is 1. The molecule has 100 valence electrons. The zero-order valence-corrected chi connectivity index (χ0v) is 12.5. The Bertz CT molecular complexity index is 393. The second-order valence-electron chi connectivity index (χ2n) is 4.68. The first kappa shape index (κ1) is 15.2. The summed E-state index contributed by atoms with van der Waals surface area (Å²) in [6, 6.07) is 8.11. The average Bonchev–Trinajstić information content (AvgIpc) is 2.28. The summed E-state index contributed by atoms with van der Waals surface area (Å²) in [4.78, 5) is 11.8. The van der Waals surface area contributed by atoms with E-state index in [2.05, 4.69) is 21.2 Å². The summed E-state index contributed by atoms with van der Waals surface area (Å²) in [6.07, 6.45) is 2.26. The second-order valence-corrected chi connectivity index (χ2v) is 5.53. The molecule has 0 saturated heterocycles. The lowest BCUT2D eigenvalue weighted by molar-refractivity contribution is -0.121. The molecule has 18 heavy (non-hydrogen) atoms. The third-order valence-electron chi connectivity index (χ3n) is 2.81. The van der Waals surface area contributed by atoms with Gasteiger partial charge in [-0.25, -0.2) is 0 Å². The molecule has 1 unspecified atom stereocenters. The van der Waals surface area contributed by atoms with Crippen LogP contribution in [0, 0.1) is 0 Å². The van der Waals surface area contributed by atoms with E-state index in [1.807, 2.05) is 38.1 Å². The van der Waals surface area contributed by atoms with Gasteiger partial charge >= 0.3 is 0 Å². The van der Waals surface area contributed by atoms with Crippen LogP contribution in [-0.2, 0) is 4.79 Å². The van der Waals surface area contributed by atoms with E-state index < -0.39 is 0 Å². The van der Waals surface area contributed by atoms with Crippen molar-refractivity contribution in [1.82, 2.24) is 5.32 Å². The number of halogens is 1. The van der Waals surface area contributed by atoms with Crippen LogP contribution in [0.25, 0.3) is 0 Å². The molecule has 2 atom stereocenters. The van der Waals surface area contributed by atoms with E-state index in [0.717, 1.165) is 22.9 Å². The maximum absolute atomic E-state index is 11.8. The van der Waals surface area contributed by atoms with Crippen molar-refractivity contribution in [3.8, 4) is 0 Å². The van der Waals surface area contributed by atoms with Crippen molar-refractivity contribution >= 4 is 21.8 Å². The van der Waals surface area contributed by atoms with Gasteiger partial charge in [-0.15, -0.1) is 0 Å². The quantitative estimate of drug-likeness (QED) is 0.847. The molecule has 1 aromatic rings. The number of nitrogens with two attached hydrogens (primary N) is 1. The van der Waals surface area contributed by atoms with E-state index in [0.29, 0.717) is 6.42 Å². The molecular weight excluding hydrogens is 292 g/mol. The maximum Gasteiger partial charge on any atom is 0.220 e. The summed E-state index contributed by atoms with van der Waals surface area (Å²) in [5, 5.41) is 3.00. The molecule has 0 radical (unpaired) electrons. The first-order chi connectivity index (χ1) is 8.50. The molecule has 0 heterocycles. The van der Waals surface area contributed by atoms with Crippen molar-refractivity contribution in [2.45, 2.75) is 45.2 Å². The van der Waals surface area contributed by atoms with Gasteiger partial charge < -0.3 is 11.1 Å². The number of carbonyl (C=O) groups is 1. The molecule has 0 fully saturated rings. The molecule has 0 aliphatic heterocycles. The zero-order chi connectivity index (χ0) is 13.5. The Hall–Kier alpha value is -0.870. The first-order valence-corrected chi connectivity index (χ1v) is 7.09. The Kier molecular flexibility index (Phi) is 6.36. The summed E-state index contributed by atoms with van der Waals surface area (Å²) in [7, 11) is 0. The lowest BCUT2D eigenvalue weighted by atomic mass is 10.1. The van der Waals surface area contributed by atoms with Gasteiger partial charge in [0.15, 0.2) is 0 Å². The van der Waals surface area contributed by atoms with Crippen LogP contribution >= 0.6 is 15.9 Å². The number of hydrogen-bond donors (Lipinski definition) is 2. The van der Waals surface area contributed by atoms with Gasteiger partial charge in [0.1, 0.15) is 0 Å². The van der Waals surface area contributed by atoms with Crippen LogP contribution in [0.3, 0.4) is 0 Å². The number of hydrogen-bond acceptors (Lipinski definition) is 2. The smallest absolute Gasteiger partial charge is 0.220 e. The lowest BCUT2D eigenvalue weighted by Crippen LogP contribution is -2.27. The molecule has 0 saturated carbocycles. The molecule has 1 aromatic carbocycles. The van der Waals surface area contributed by atoms with Gasteiger partial charge in [-0.05, 0) is 38.3 Å². The van der Waals surface area contributed by atoms with Crippen molar-refractivity contribution in [3.05, 3.63) is 34.3 Å². The topological polar surface area (TPSA) is 55.1 Å². The van der Waals surface area contributed by atoms with Crippen molar-refractivity contribution < 1.29 is 4.79 Å². The minimum Gasteiger partial charge on any atom is -0.350 e. The molecular formula is C14H21BrN2O. The van der Waals surface area contributed by atoms with E-state index in [4.69, 9.17) is 5.73 Å². The van der Waals surface area contributed by atoms with Crippen molar-refractivity contribution in [3.63, 3.8) is 0 Å². The van der Waals surface area contributed by atoms with Crippen LogP contribution in [0.5, 0.6) is 0 Å². The number of rotatable bonds is 6. The lowest BCUT2D eigenvalue weighted by Gasteiger charge is -2.16. The fourth-order valence-electron chi connectivity index (χ4n) is 1.80. The summed E-state index contributed by atoms with van der Waals surface area (Å²) in [5.74, 6) is 0.0823. The molecule has 0 aromatic heterocycles. The molecule has 4 heteroatoms. The van der Waals surface area contributed by atoms with Crippen LogP contribution in [0.15, 0.2) is 28.7 Å². The highest BCUT2D eigenvalue weighted by Crippen LogP contribution is 2.22. The monoisotopic (exact) mass is 312 g/mol.